The monoisotopic (exact) mass is 468 g/mol. The van der Waals surface area contributed by atoms with Crippen molar-refractivity contribution in [2.24, 2.45) is 0 Å². The van der Waals surface area contributed by atoms with E-state index < -0.39 is 21.0 Å². The van der Waals surface area contributed by atoms with E-state index in [9.17, 15) is 12.6 Å². The Balaban J connectivity index is 1.61. The van der Waals surface area contributed by atoms with E-state index in [2.05, 4.69) is 4.72 Å². The van der Waals surface area contributed by atoms with E-state index in [0.717, 1.165) is 17.5 Å². The summed E-state index contributed by atoms with van der Waals surface area (Å²) >= 11 is 6.01. The molecule has 1 aliphatic rings. The van der Waals surface area contributed by atoms with Gasteiger partial charge in [-0.25, -0.2) is 21.7 Å². The second kappa shape index (κ2) is 9.09. The van der Waals surface area contributed by atoms with Gasteiger partial charge in [0.2, 0.25) is 10.0 Å². The first-order valence-electron chi connectivity index (χ1n) is 10.0. The van der Waals surface area contributed by atoms with Gasteiger partial charge in [-0.15, -0.1) is 0 Å². The van der Waals surface area contributed by atoms with Crippen LogP contribution >= 0.6 is 11.6 Å². The first-order valence-corrected chi connectivity index (χ1v) is 13.0. The standard InChI is InChI=1S/C22H29ClN2O3S2/c1-16-7-13-19(14-8-16)30(27,28)24-15-5-6-20-21(17-9-11-18(23)12-10-17)25(20)29(26)22(2,3)4/h7-14,20-21,24H,5-6,15H2,1-4H3/t20-,21-,25?,29+/m0/s1. The van der Waals surface area contributed by atoms with E-state index in [-0.39, 0.29) is 21.7 Å². The zero-order valence-electron chi connectivity index (χ0n) is 17.8. The van der Waals surface area contributed by atoms with Crippen molar-refractivity contribution < 1.29 is 12.6 Å². The minimum Gasteiger partial charge on any atom is -0.242 e. The molecule has 1 unspecified atom stereocenters. The van der Waals surface area contributed by atoms with Crippen LogP contribution in [0.5, 0.6) is 0 Å². The topological polar surface area (TPSA) is 66.2 Å². The Bertz CT molecular complexity index is 1000. The Kier molecular flexibility index (Phi) is 7.09. The molecule has 0 radical (unpaired) electrons. The van der Waals surface area contributed by atoms with Crippen molar-refractivity contribution >= 4 is 32.6 Å². The summed E-state index contributed by atoms with van der Waals surface area (Å²) in [6.07, 6.45) is 1.42. The number of sulfonamides is 1. The SMILES string of the molecule is Cc1ccc(S(=O)(=O)NCCC[C@H]2[C@H](c3ccc(Cl)cc3)N2[S@](=O)C(C)(C)C)cc1. The molecule has 1 heterocycles. The van der Waals surface area contributed by atoms with Crippen LogP contribution in [0.4, 0.5) is 0 Å². The van der Waals surface area contributed by atoms with Gasteiger partial charge in [0.1, 0.15) is 11.0 Å². The molecule has 0 amide bonds. The molecule has 2 aromatic rings. The van der Waals surface area contributed by atoms with Gasteiger partial charge in [0, 0.05) is 17.6 Å². The normalized spacial score (nSPS) is 22.6. The Morgan fingerprint density at radius 1 is 1.07 bits per heavy atom. The summed E-state index contributed by atoms with van der Waals surface area (Å²) in [5.41, 5.74) is 2.10. The van der Waals surface area contributed by atoms with Crippen LogP contribution < -0.4 is 4.72 Å². The second-order valence-electron chi connectivity index (χ2n) is 8.64. The van der Waals surface area contributed by atoms with E-state index in [1.54, 1.807) is 24.3 Å². The zero-order chi connectivity index (χ0) is 22.1. The lowest BCUT2D eigenvalue weighted by molar-refractivity contribution is 0.567. The fourth-order valence-electron chi connectivity index (χ4n) is 3.43. The highest BCUT2D eigenvalue weighted by Gasteiger charge is 2.53. The smallest absolute Gasteiger partial charge is 0.240 e. The molecule has 0 aromatic heterocycles. The summed E-state index contributed by atoms with van der Waals surface area (Å²) in [4.78, 5) is 0.272. The Labute approximate surface area is 187 Å². The molecule has 0 aliphatic carbocycles. The predicted octanol–water partition coefficient (Wildman–Crippen LogP) is 4.59. The molecule has 1 fully saturated rings. The van der Waals surface area contributed by atoms with Crippen molar-refractivity contribution in [2.75, 3.05) is 6.54 Å². The van der Waals surface area contributed by atoms with E-state index in [0.29, 0.717) is 18.0 Å². The van der Waals surface area contributed by atoms with Gasteiger partial charge in [-0.3, -0.25) is 0 Å². The Morgan fingerprint density at radius 3 is 2.23 bits per heavy atom. The Morgan fingerprint density at radius 2 is 1.67 bits per heavy atom. The van der Waals surface area contributed by atoms with Crippen molar-refractivity contribution in [3.8, 4) is 0 Å². The molecule has 1 aliphatic heterocycles. The third kappa shape index (κ3) is 5.51. The minimum atomic E-state index is -3.52. The lowest BCUT2D eigenvalue weighted by Gasteiger charge is -2.19. The van der Waals surface area contributed by atoms with Crippen molar-refractivity contribution in [3.63, 3.8) is 0 Å². The number of halogens is 1. The van der Waals surface area contributed by atoms with Crippen molar-refractivity contribution in [1.29, 1.82) is 0 Å². The summed E-state index contributed by atoms with van der Waals surface area (Å²) < 4.78 is 42.2. The van der Waals surface area contributed by atoms with Gasteiger partial charge >= 0.3 is 0 Å². The van der Waals surface area contributed by atoms with Crippen molar-refractivity contribution in [1.82, 2.24) is 9.03 Å². The fourth-order valence-corrected chi connectivity index (χ4v) is 6.15. The third-order valence-electron chi connectivity index (χ3n) is 5.10. The highest BCUT2D eigenvalue weighted by atomic mass is 35.5. The molecule has 0 bridgehead atoms. The molecule has 1 N–H and O–H groups in total. The summed E-state index contributed by atoms with van der Waals surface area (Å²) in [5, 5.41) is 0.671. The van der Waals surface area contributed by atoms with Crippen LogP contribution in [0.2, 0.25) is 5.02 Å². The highest BCUT2D eigenvalue weighted by molar-refractivity contribution is 7.89. The molecule has 8 heteroatoms. The molecule has 164 valence electrons. The number of nitrogens with one attached hydrogen (secondary N) is 1. The van der Waals surface area contributed by atoms with Gasteiger partial charge in [-0.2, -0.15) is 0 Å². The van der Waals surface area contributed by atoms with E-state index >= 15 is 0 Å². The first-order chi connectivity index (χ1) is 14.0. The molecular formula is C22H29ClN2O3S2. The average Bonchev–Trinajstić information content (AvgIpc) is 3.38. The van der Waals surface area contributed by atoms with Crippen LogP contribution in [-0.4, -0.2) is 34.3 Å². The summed E-state index contributed by atoms with van der Waals surface area (Å²) in [7, 11) is -4.65. The van der Waals surface area contributed by atoms with Crippen LogP contribution in [0.1, 0.15) is 50.8 Å². The van der Waals surface area contributed by atoms with Gasteiger partial charge in [-0.1, -0.05) is 41.4 Å². The van der Waals surface area contributed by atoms with Gasteiger partial charge in [0.15, 0.2) is 0 Å². The van der Waals surface area contributed by atoms with E-state index in [1.807, 2.05) is 56.3 Å². The van der Waals surface area contributed by atoms with Crippen LogP contribution in [0.3, 0.4) is 0 Å². The number of rotatable bonds is 8. The maximum absolute atomic E-state index is 13.0. The van der Waals surface area contributed by atoms with Crippen LogP contribution in [0.15, 0.2) is 53.4 Å². The minimum absolute atomic E-state index is 0.0658. The number of benzene rings is 2. The lowest BCUT2D eigenvalue weighted by Crippen LogP contribution is -2.28. The molecular weight excluding hydrogens is 440 g/mol. The summed E-state index contributed by atoms with van der Waals surface area (Å²) in [6, 6.07) is 14.6. The second-order valence-corrected chi connectivity index (χ2v) is 13.0. The van der Waals surface area contributed by atoms with Gasteiger partial charge in [-0.05, 0) is 70.4 Å². The largest absolute Gasteiger partial charge is 0.242 e. The number of aryl methyl sites for hydroxylation is 1. The number of hydrogen-bond acceptors (Lipinski definition) is 3. The quantitative estimate of drug-likeness (QED) is 0.455. The van der Waals surface area contributed by atoms with Gasteiger partial charge in [0.05, 0.1) is 15.7 Å². The highest BCUT2D eigenvalue weighted by Crippen LogP contribution is 2.49. The molecule has 0 spiro atoms. The van der Waals surface area contributed by atoms with Gasteiger partial charge < -0.3 is 0 Å². The predicted molar refractivity (Wildman–Crippen MR) is 123 cm³/mol. The summed E-state index contributed by atoms with van der Waals surface area (Å²) in [6.45, 7) is 8.16. The molecule has 30 heavy (non-hydrogen) atoms. The summed E-state index contributed by atoms with van der Waals surface area (Å²) in [5.74, 6) is 0. The molecule has 2 aromatic carbocycles. The maximum atomic E-state index is 13.0. The van der Waals surface area contributed by atoms with Crippen LogP contribution in [0.25, 0.3) is 0 Å². The molecule has 4 atom stereocenters. The molecule has 0 saturated carbocycles. The van der Waals surface area contributed by atoms with Crippen LogP contribution in [0, 0.1) is 6.92 Å². The van der Waals surface area contributed by atoms with Crippen molar-refractivity contribution in [3.05, 3.63) is 64.7 Å². The fraction of sp³-hybridized carbons (Fsp3) is 0.455. The Hall–Kier alpha value is -1.25. The first kappa shape index (κ1) is 23.4. The van der Waals surface area contributed by atoms with Gasteiger partial charge in [0.25, 0.3) is 0 Å². The zero-order valence-corrected chi connectivity index (χ0v) is 20.2. The number of hydrogen-bond donors (Lipinski definition) is 1. The maximum Gasteiger partial charge on any atom is 0.240 e. The molecule has 5 nitrogen and oxygen atoms in total. The third-order valence-corrected chi connectivity index (χ3v) is 8.76. The average molecular weight is 469 g/mol. The molecule has 1 saturated heterocycles. The van der Waals surface area contributed by atoms with Crippen molar-refractivity contribution in [2.45, 2.75) is 62.3 Å². The number of nitrogens with zero attached hydrogens (tertiary/aromatic N) is 1. The molecule has 3 rings (SSSR count). The van der Waals surface area contributed by atoms with E-state index in [4.69, 9.17) is 11.6 Å². The van der Waals surface area contributed by atoms with E-state index in [1.165, 1.54) is 0 Å². The van der Waals surface area contributed by atoms with Crippen LogP contribution in [-0.2, 0) is 21.0 Å². The lowest BCUT2D eigenvalue weighted by atomic mass is 10.1.